The van der Waals surface area contributed by atoms with Gasteiger partial charge in [-0.05, 0) is 0 Å². The van der Waals surface area contributed by atoms with Gasteiger partial charge < -0.3 is 0 Å². The van der Waals surface area contributed by atoms with Crippen LogP contribution in [-0.4, -0.2) is 12.1 Å². The third kappa shape index (κ3) is 20.0. The van der Waals surface area contributed by atoms with Crippen molar-refractivity contribution in [3.05, 3.63) is 0 Å². The van der Waals surface area contributed by atoms with E-state index in [1.54, 1.807) is 0 Å². The van der Waals surface area contributed by atoms with Crippen LogP contribution in [0.15, 0.2) is 0 Å². The van der Waals surface area contributed by atoms with Crippen LogP contribution in [0.4, 0.5) is 0 Å². The molecule has 0 aromatic rings. The molecule has 0 aliphatic rings. The highest BCUT2D eigenvalue weighted by molar-refractivity contribution is 15.0. The molecule has 42 valence electrons. The van der Waals surface area contributed by atoms with E-state index < -0.39 is 5.78 Å². The van der Waals surface area contributed by atoms with Crippen molar-refractivity contribution in [1.29, 1.82) is 0 Å². The molecule has 0 aromatic heterocycles. The van der Waals surface area contributed by atoms with Crippen LogP contribution in [-0.2, 0) is 9.59 Å². The molecule has 0 aliphatic heterocycles. The Hall–Kier alpha value is 0.800. The van der Waals surface area contributed by atoms with Gasteiger partial charge in [-0.25, -0.2) is 0 Å². The summed E-state index contributed by atoms with van der Waals surface area (Å²) in [7, 11) is 0. The Kier molecular flexibility index (Phi) is 15.2. The van der Waals surface area contributed by atoms with Gasteiger partial charge in [-0.15, -0.1) is 0 Å². The summed E-state index contributed by atoms with van der Waals surface area (Å²) in [5.41, 5.74) is 0. The standard InChI is InChI=1S/C3H4O2.I2/c1-3(5)2-4;1-2/h2H,1H3;. The third-order valence-corrected chi connectivity index (χ3v) is 0.166. The summed E-state index contributed by atoms with van der Waals surface area (Å²) >= 11 is 4.24. The maximum Gasteiger partial charge on any atom is 0.192 e. The van der Waals surface area contributed by atoms with E-state index in [0.29, 0.717) is 0 Å². The molecule has 0 aromatic carbocycles. The highest BCUT2D eigenvalue weighted by Gasteiger charge is 1.76. The van der Waals surface area contributed by atoms with Crippen molar-refractivity contribution >= 4 is 49.3 Å². The number of Topliss-reactive ketones (excluding diaryl/α,β-unsaturated/α-hetero) is 1. The number of rotatable bonds is 1. The maximum absolute atomic E-state index is 9.44. The first-order valence-corrected chi connectivity index (χ1v) is 7.66. The number of ketones is 1. The second kappa shape index (κ2) is 9.93. The van der Waals surface area contributed by atoms with E-state index in [4.69, 9.17) is 4.79 Å². The van der Waals surface area contributed by atoms with Crippen LogP contribution < -0.4 is 0 Å². The monoisotopic (exact) mass is 326 g/mol. The number of hydrogen-bond donors (Lipinski definition) is 0. The largest absolute Gasteiger partial charge is 0.295 e. The van der Waals surface area contributed by atoms with Gasteiger partial charge in [-0.2, -0.15) is 0 Å². The molecule has 0 N–H and O–H groups in total. The van der Waals surface area contributed by atoms with Crippen molar-refractivity contribution in [2.24, 2.45) is 0 Å². The zero-order valence-electron chi connectivity index (χ0n) is 3.65. The first kappa shape index (κ1) is 10.7. The average Bonchev–Trinajstić information content (AvgIpc) is 1.73. The van der Waals surface area contributed by atoms with Gasteiger partial charge in [0.25, 0.3) is 0 Å². The Bertz CT molecular complexity index is 62.0. The Balaban J connectivity index is 0. The molecule has 0 aliphatic carbocycles. The second-order valence-corrected chi connectivity index (χ2v) is 0.729. The molecular formula is C3H4I2O2. The zero-order valence-corrected chi connectivity index (χ0v) is 7.96. The molecule has 0 amide bonds. The lowest BCUT2D eigenvalue weighted by Crippen LogP contribution is -1.85. The van der Waals surface area contributed by atoms with Crippen molar-refractivity contribution in [3.8, 4) is 0 Å². The van der Waals surface area contributed by atoms with Crippen molar-refractivity contribution in [2.75, 3.05) is 0 Å². The summed E-state index contributed by atoms with van der Waals surface area (Å²) in [4.78, 5) is 18.6. The molecule has 0 unspecified atom stereocenters. The number of hydrogen-bond acceptors (Lipinski definition) is 2. The van der Waals surface area contributed by atoms with Gasteiger partial charge in [0.05, 0.1) is 0 Å². The van der Waals surface area contributed by atoms with Gasteiger partial charge in [0, 0.05) is 44.2 Å². The van der Waals surface area contributed by atoms with Gasteiger partial charge in [-0.1, -0.05) is 0 Å². The minimum atomic E-state index is -0.426. The molecule has 0 fully saturated rings. The first-order chi connectivity index (χ1) is 3.27. The Morgan fingerprint density at radius 2 is 1.71 bits per heavy atom. The van der Waals surface area contributed by atoms with E-state index in [-0.39, 0.29) is 6.29 Å². The predicted molar refractivity (Wildman–Crippen MR) is 44.8 cm³/mol. The summed E-state index contributed by atoms with van der Waals surface area (Å²) < 4.78 is 0. The third-order valence-electron chi connectivity index (χ3n) is 0.166. The molecule has 4 heteroatoms. The summed E-state index contributed by atoms with van der Waals surface area (Å²) in [5, 5.41) is 0. The lowest BCUT2D eigenvalue weighted by atomic mass is 10.5. The molecule has 0 saturated heterocycles. The van der Waals surface area contributed by atoms with E-state index in [2.05, 4.69) is 37.2 Å². The molecule has 0 spiro atoms. The van der Waals surface area contributed by atoms with Gasteiger partial charge in [0.15, 0.2) is 12.1 Å². The molecule has 0 bridgehead atoms. The molecule has 0 rings (SSSR count). The van der Waals surface area contributed by atoms with Gasteiger partial charge >= 0.3 is 0 Å². The van der Waals surface area contributed by atoms with Crippen molar-refractivity contribution in [1.82, 2.24) is 0 Å². The molecule has 0 atom stereocenters. The van der Waals surface area contributed by atoms with Gasteiger partial charge in [0.1, 0.15) is 0 Å². The minimum Gasteiger partial charge on any atom is -0.295 e. The summed E-state index contributed by atoms with van der Waals surface area (Å²) in [6, 6.07) is 0. The average molecular weight is 326 g/mol. The van der Waals surface area contributed by atoms with E-state index in [1.807, 2.05) is 0 Å². The van der Waals surface area contributed by atoms with E-state index in [0.717, 1.165) is 0 Å². The number of carbonyl (C=O) groups is 2. The SMILES string of the molecule is CC(=O)C=O.II. The second-order valence-electron chi connectivity index (χ2n) is 0.729. The van der Waals surface area contributed by atoms with E-state index >= 15 is 0 Å². The number of aldehydes is 1. The van der Waals surface area contributed by atoms with Crippen molar-refractivity contribution in [2.45, 2.75) is 6.92 Å². The van der Waals surface area contributed by atoms with Crippen LogP contribution in [0.3, 0.4) is 0 Å². The lowest BCUT2D eigenvalue weighted by Gasteiger charge is -1.57. The molecule has 2 nitrogen and oxygen atoms in total. The van der Waals surface area contributed by atoms with Crippen LogP contribution in [0.5, 0.6) is 0 Å². The minimum absolute atomic E-state index is 0.278. The molecular weight excluding hydrogens is 322 g/mol. The lowest BCUT2D eigenvalue weighted by molar-refractivity contribution is -0.128. The summed E-state index contributed by atoms with van der Waals surface area (Å²) in [5.74, 6) is -0.426. The fourth-order valence-electron chi connectivity index (χ4n) is 0. The summed E-state index contributed by atoms with van der Waals surface area (Å²) in [6.07, 6.45) is 0.278. The van der Waals surface area contributed by atoms with Crippen molar-refractivity contribution < 1.29 is 9.59 Å². The Morgan fingerprint density at radius 3 is 1.71 bits per heavy atom. The van der Waals surface area contributed by atoms with E-state index in [9.17, 15) is 4.79 Å². The predicted octanol–water partition coefficient (Wildman–Crippen LogP) is 1.55. The van der Waals surface area contributed by atoms with Gasteiger partial charge in [0.2, 0.25) is 0 Å². The molecule has 0 radical (unpaired) electrons. The summed E-state index contributed by atoms with van der Waals surface area (Å²) in [6.45, 7) is 1.22. The van der Waals surface area contributed by atoms with E-state index in [1.165, 1.54) is 6.92 Å². The Labute approximate surface area is 65.4 Å². The zero-order chi connectivity index (χ0) is 6.28. The van der Waals surface area contributed by atoms with Gasteiger partial charge in [-0.3, -0.25) is 9.59 Å². The van der Waals surface area contributed by atoms with Crippen molar-refractivity contribution in [3.63, 3.8) is 0 Å². The van der Waals surface area contributed by atoms with Crippen LogP contribution in [0, 0.1) is 0 Å². The van der Waals surface area contributed by atoms with Crippen LogP contribution >= 0.6 is 37.2 Å². The maximum atomic E-state index is 9.44. The molecule has 0 heterocycles. The number of halogens is 2. The Morgan fingerprint density at radius 1 is 1.57 bits per heavy atom. The van der Waals surface area contributed by atoms with Crippen LogP contribution in [0.2, 0.25) is 0 Å². The molecule has 7 heavy (non-hydrogen) atoms. The fraction of sp³-hybridized carbons (Fsp3) is 0.333. The smallest absolute Gasteiger partial charge is 0.192 e. The normalized spacial score (nSPS) is 5.57. The highest BCUT2D eigenvalue weighted by Crippen LogP contribution is 1.89. The topological polar surface area (TPSA) is 34.1 Å². The number of carbonyl (C=O) groups excluding carboxylic acids is 2. The first-order valence-electron chi connectivity index (χ1n) is 1.37. The fourth-order valence-corrected chi connectivity index (χ4v) is 0. The highest BCUT2D eigenvalue weighted by atomic mass is 128. The quantitative estimate of drug-likeness (QED) is 0.416. The molecule has 0 saturated carbocycles. The van der Waals surface area contributed by atoms with Crippen LogP contribution in [0.1, 0.15) is 6.92 Å². The van der Waals surface area contributed by atoms with Crippen LogP contribution in [0.25, 0.3) is 0 Å².